The summed E-state index contributed by atoms with van der Waals surface area (Å²) in [5, 5.41) is 5.01. The lowest BCUT2D eigenvalue weighted by molar-refractivity contribution is 0.0817. The molecular formula is C33H33F2N5O3. The second kappa shape index (κ2) is 11.5. The molecule has 6 rings (SSSR count). The number of ether oxygens (including phenoxy) is 2. The number of aryl methyl sites for hydroxylation is 1. The molecular weight excluding hydrogens is 552 g/mol. The Balaban J connectivity index is 1.19. The number of nitrogens with two attached hydrogens (primary N) is 1. The van der Waals surface area contributed by atoms with E-state index in [0.717, 1.165) is 31.5 Å². The summed E-state index contributed by atoms with van der Waals surface area (Å²) in [5.41, 5.74) is 8.73. The molecule has 3 heterocycles. The van der Waals surface area contributed by atoms with Gasteiger partial charge in [0, 0.05) is 42.2 Å². The molecule has 5 aromatic rings. The fourth-order valence-electron chi connectivity index (χ4n) is 5.46. The van der Waals surface area contributed by atoms with Crippen LogP contribution in [0.5, 0.6) is 17.2 Å². The van der Waals surface area contributed by atoms with Gasteiger partial charge in [-0.2, -0.15) is 5.10 Å². The van der Waals surface area contributed by atoms with Crippen molar-refractivity contribution in [3.8, 4) is 22.9 Å². The van der Waals surface area contributed by atoms with Gasteiger partial charge in [-0.05, 0) is 81.6 Å². The zero-order valence-corrected chi connectivity index (χ0v) is 24.2. The number of nitrogens with zero attached hydrogens (tertiary/aromatic N) is 3. The Hall–Kier alpha value is -4.70. The minimum absolute atomic E-state index is 0.0572. The Morgan fingerprint density at radius 2 is 1.84 bits per heavy atom. The molecule has 10 heteroatoms. The van der Waals surface area contributed by atoms with Gasteiger partial charge in [0.05, 0.1) is 23.1 Å². The van der Waals surface area contributed by atoms with Crippen LogP contribution in [0.3, 0.4) is 0 Å². The fourth-order valence-corrected chi connectivity index (χ4v) is 5.46. The molecule has 0 saturated carbocycles. The molecule has 0 spiro atoms. The molecule has 3 aromatic carbocycles. The molecule has 0 bridgehead atoms. The van der Waals surface area contributed by atoms with E-state index in [-0.39, 0.29) is 40.5 Å². The molecule has 3 N–H and O–H groups in total. The maximum Gasteiger partial charge on any atom is 0.214 e. The number of hydrogen-bond donors (Lipinski definition) is 2. The summed E-state index contributed by atoms with van der Waals surface area (Å²) in [7, 11) is 0. The summed E-state index contributed by atoms with van der Waals surface area (Å²) in [4.78, 5) is 18.9. The van der Waals surface area contributed by atoms with Gasteiger partial charge in [0.1, 0.15) is 29.2 Å². The highest BCUT2D eigenvalue weighted by atomic mass is 19.1. The van der Waals surface area contributed by atoms with Crippen molar-refractivity contribution in [3.63, 3.8) is 0 Å². The molecule has 0 amide bonds. The van der Waals surface area contributed by atoms with E-state index in [4.69, 9.17) is 15.2 Å². The highest BCUT2D eigenvalue weighted by molar-refractivity contribution is 6.12. The monoisotopic (exact) mass is 585 g/mol. The molecule has 43 heavy (non-hydrogen) atoms. The molecule has 8 nitrogen and oxygen atoms in total. The van der Waals surface area contributed by atoms with Gasteiger partial charge in [0.2, 0.25) is 5.78 Å². The van der Waals surface area contributed by atoms with Gasteiger partial charge in [-0.15, -0.1) is 0 Å². The summed E-state index contributed by atoms with van der Waals surface area (Å²) in [6.07, 6.45) is 3.02. The van der Waals surface area contributed by atoms with Crippen LogP contribution in [0, 0.1) is 18.6 Å². The quantitative estimate of drug-likeness (QED) is 0.195. The number of rotatable bonds is 8. The fraction of sp³-hybridized carbons (Fsp3) is 0.273. The van der Waals surface area contributed by atoms with Crippen molar-refractivity contribution in [3.05, 3.63) is 95.3 Å². The number of ketones is 1. The molecule has 0 aliphatic carbocycles. The smallest absolute Gasteiger partial charge is 0.214 e. The Labute approximate surface area is 248 Å². The van der Waals surface area contributed by atoms with Gasteiger partial charge in [0.25, 0.3) is 0 Å². The van der Waals surface area contributed by atoms with Crippen LogP contribution in [0.25, 0.3) is 16.6 Å². The standard InChI is InChI=1S/C33H33F2N5O3/c1-19(2)39-11-9-24(10-12-39)42-31-15-21-14-29(38-28(21)17-27(31)35)32(41)26-18-37-40(33(26)36)23-7-8-30(20(3)13-23)43-25-6-4-5-22(34)16-25/h4-8,13-19,24,38H,9-12,36H2,1-3H3. The lowest BCUT2D eigenvalue weighted by Gasteiger charge is -2.34. The maximum atomic E-state index is 15.0. The van der Waals surface area contributed by atoms with Crippen LogP contribution in [0.4, 0.5) is 14.6 Å². The van der Waals surface area contributed by atoms with E-state index in [2.05, 4.69) is 28.8 Å². The summed E-state index contributed by atoms with van der Waals surface area (Å²) in [6, 6.07) is 16.3. The third kappa shape index (κ3) is 5.83. The van der Waals surface area contributed by atoms with Gasteiger partial charge in [-0.25, -0.2) is 13.5 Å². The highest BCUT2D eigenvalue weighted by Gasteiger charge is 2.24. The number of carbonyl (C=O) groups is 1. The Morgan fingerprint density at radius 3 is 2.56 bits per heavy atom. The lowest BCUT2D eigenvalue weighted by Crippen LogP contribution is -2.41. The van der Waals surface area contributed by atoms with E-state index in [1.165, 1.54) is 29.1 Å². The SMILES string of the molecule is Cc1cc(-n2ncc(C(=O)c3cc4cc(OC5CCN(C(C)C)CC5)c(F)cc4[nH]3)c2N)ccc1Oc1cccc(F)c1. The first kappa shape index (κ1) is 28.4. The Kier molecular flexibility index (Phi) is 7.62. The predicted molar refractivity (Wildman–Crippen MR) is 161 cm³/mol. The first-order chi connectivity index (χ1) is 20.7. The summed E-state index contributed by atoms with van der Waals surface area (Å²) in [5.74, 6) is 0.0295. The number of H-pyrrole nitrogens is 1. The number of hydrogen-bond acceptors (Lipinski definition) is 6. The van der Waals surface area contributed by atoms with Crippen molar-refractivity contribution in [2.24, 2.45) is 0 Å². The number of nitrogen functional groups attached to an aromatic ring is 1. The molecule has 1 aliphatic rings. The third-order valence-electron chi connectivity index (χ3n) is 7.90. The third-order valence-corrected chi connectivity index (χ3v) is 7.90. The molecule has 1 aliphatic heterocycles. The van der Waals surface area contributed by atoms with Gasteiger partial charge in [0.15, 0.2) is 11.6 Å². The molecule has 0 radical (unpaired) electrons. The Morgan fingerprint density at radius 1 is 1.05 bits per heavy atom. The number of likely N-dealkylation sites (tertiary alicyclic amines) is 1. The lowest BCUT2D eigenvalue weighted by atomic mass is 10.1. The van der Waals surface area contributed by atoms with Crippen LogP contribution in [0.2, 0.25) is 0 Å². The van der Waals surface area contributed by atoms with Gasteiger partial charge < -0.3 is 25.1 Å². The van der Waals surface area contributed by atoms with Crippen LogP contribution < -0.4 is 15.2 Å². The van der Waals surface area contributed by atoms with Crippen LogP contribution in [0.1, 0.15) is 48.3 Å². The van der Waals surface area contributed by atoms with E-state index in [0.29, 0.717) is 34.1 Å². The Bertz CT molecular complexity index is 1800. The minimum atomic E-state index is -0.479. The first-order valence-electron chi connectivity index (χ1n) is 14.3. The van der Waals surface area contributed by atoms with E-state index in [1.807, 2.05) is 13.0 Å². The van der Waals surface area contributed by atoms with Crippen molar-refractivity contribution in [2.45, 2.75) is 45.8 Å². The van der Waals surface area contributed by atoms with Crippen molar-refractivity contribution in [1.82, 2.24) is 19.7 Å². The van der Waals surface area contributed by atoms with Gasteiger partial charge in [-0.3, -0.25) is 4.79 Å². The van der Waals surface area contributed by atoms with Gasteiger partial charge in [-0.1, -0.05) is 6.07 Å². The zero-order valence-electron chi connectivity index (χ0n) is 24.2. The predicted octanol–water partition coefficient (Wildman–Crippen LogP) is 6.80. The van der Waals surface area contributed by atoms with Crippen LogP contribution >= 0.6 is 0 Å². The first-order valence-corrected chi connectivity index (χ1v) is 14.3. The summed E-state index contributed by atoms with van der Waals surface area (Å²) >= 11 is 0. The second-order valence-corrected chi connectivity index (χ2v) is 11.2. The summed E-state index contributed by atoms with van der Waals surface area (Å²) in [6.45, 7) is 8.01. The van der Waals surface area contributed by atoms with E-state index in [9.17, 15) is 13.6 Å². The normalized spacial score (nSPS) is 14.5. The van der Waals surface area contributed by atoms with Crippen LogP contribution in [-0.2, 0) is 0 Å². The number of carbonyl (C=O) groups excluding carboxylic acids is 1. The van der Waals surface area contributed by atoms with E-state index in [1.54, 1.807) is 36.4 Å². The molecule has 2 aromatic heterocycles. The molecule has 0 atom stereocenters. The van der Waals surface area contributed by atoms with Crippen LogP contribution in [0.15, 0.2) is 66.9 Å². The van der Waals surface area contributed by atoms with Crippen molar-refractivity contribution < 1.29 is 23.0 Å². The maximum absolute atomic E-state index is 15.0. The molecule has 1 saturated heterocycles. The van der Waals surface area contributed by atoms with Crippen molar-refractivity contribution in [2.75, 3.05) is 18.8 Å². The zero-order chi connectivity index (χ0) is 30.2. The number of aromatic nitrogens is 3. The van der Waals surface area contributed by atoms with Crippen molar-refractivity contribution >= 4 is 22.5 Å². The minimum Gasteiger partial charge on any atom is -0.487 e. The second-order valence-electron chi connectivity index (χ2n) is 11.2. The van der Waals surface area contributed by atoms with E-state index < -0.39 is 5.82 Å². The average Bonchev–Trinajstić information content (AvgIpc) is 3.57. The van der Waals surface area contributed by atoms with E-state index >= 15 is 0 Å². The highest BCUT2D eigenvalue weighted by Crippen LogP contribution is 2.31. The average molecular weight is 586 g/mol. The van der Waals surface area contributed by atoms with Crippen molar-refractivity contribution in [1.29, 1.82) is 0 Å². The van der Waals surface area contributed by atoms with Gasteiger partial charge >= 0.3 is 0 Å². The number of aromatic amines is 1. The largest absolute Gasteiger partial charge is 0.487 e. The number of fused-ring (bicyclic) bond motifs is 1. The topological polar surface area (TPSA) is 98.4 Å². The number of piperidine rings is 1. The number of halogens is 2. The number of nitrogens with one attached hydrogen (secondary N) is 1. The molecule has 222 valence electrons. The molecule has 1 fully saturated rings. The molecule has 0 unspecified atom stereocenters. The summed E-state index contributed by atoms with van der Waals surface area (Å²) < 4.78 is 41.8. The van der Waals surface area contributed by atoms with Crippen LogP contribution in [-0.4, -0.2) is 50.7 Å². The number of anilines is 1. The number of benzene rings is 3.